The molecule has 116 valence electrons. The van der Waals surface area contributed by atoms with Crippen LogP contribution in [0.4, 0.5) is 0 Å². The highest BCUT2D eigenvalue weighted by atomic mass is 79.9. The zero-order valence-electron chi connectivity index (χ0n) is 12.6. The van der Waals surface area contributed by atoms with Gasteiger partial charge in [0.1, 0.15) is 0 Å². The number of benzene rings is 1. The fraction of sp³-hybridized carbons (Fsp3) is 0.467. The van der Waals surface area contributed by atoms with E-state index in [-0.39, 0.29) is 6.04 Å². The summed E-state index contributed by atoms with van der Waals surface area (Å²) in [4.78, 5) is 0. The molecule has 1 atom stereocenters. The molecule has 21 heavy (non-hydrogen) atoms. The highest BCUT2D eigenvalue weighted by Gasteiger charge is 2.40. The van der Waals surface area contributed by atoms with E-state index in [1.54, 1.807) is 25.2 Å². The number of thiophene rings is 1. The van der Waals surface area contributed by atoms with E-state index in [0.717, 1.165) is 26.7 Å². The maximum Gasteiger partial charge on any atom is 0.154 e. The predicted octanol–water partition coefficient (Wildman–Crippen LogP) is 4.14. The Kier molecular flexibility index (Phi) is 4.83. The molecule has 0 spiro atoms. The topological polar surface area (TPSA) is 46.2 Å². The van der Waals surface area contributed by atoms with Crippen molar-refractivity contribution in [3.63, 3.8) is 0 Å². The van der Waals surface area contributed by atoms with Gasteiger partial charge in [0.2, 0.25) is 0 Å². The van der Waals surface area contributed by atoms with E-state index in [1.807, 2.05) is 19.1 Å². The molecule has 0 aliphatic carbocycles. The lowest BCUT2D eigenvalue weighted by Crippen LogP contribution is -2.44. The lowest BCUT2D eigenvalue weighted by molar-refractivity contribution is 0.431. The second kappa shape index (κ2) is 5.99. The Hall–Kier alpha value is -0.430. The Morgan fingerprint density at radius 2 is 2.05 bits per heavy atom. The van der Waals surface area contributed by atoms with Gasteiger partial charge in [-0.3, -0.25) is 0 Å². The van der Waals surface area contributed by atoms with Crippen molar-refractivity contribution in [3.05, 3.63) is 33.6 Å². The first kappa shape index (κ1) is 16.9. The summed E-state index contributed by atoms with van der Waals surface area (Å²) in [7, 11) is -3.20. The van der Waals surface area contributed by atoms with E-state index in [4.69, 9.17) is 0 Å². The molecule has 0 saturated carbocycles. The SMILES string of the molecule is CCNC(c1csc2c(Br)cccc12)C(C)(C)S(C)(=O)=O. The summed E-state index contributed by atoms with van der Waals surface area (Å²) in [5.74, 6) is 0. The van der Waals surface area contributed by atoms with Crippen LogP contribution >= 0.6 is 27.3 Å². The molecule has 0 aliphatic rings. The summed E-state index contributed by atoms with van der Waals surface area (Å²) in [6, 6.07) is 5.81. The van der Waals surface area contributed by atoms with Crippen molar-refractivity contribution in [3.8, 4) is 0 Å². The number of halogens is 1. The molecule has 0 aliphatic heterocycles. The molecule has 0 saturated heterocycles. The van der Waals surface area contributed by atoms with Gasteiger partial charge in [0.05, 0.1) is 10.8 Å². The smallest absolute Gasteiger partial charge is 0.154 e. The number of hydrogen-bond acceptors (Lipinski definition) is 4. The van der Waals surface area contributed by atoms with E-state index in [1.165, 1.54) is 6.26 Å². The molecule has 1 N–H and O–H groups in total. The van der Waals surface area contributed by atoms with Gasteiger partial charge in [-0.25, -0.2) is 8.42 Å². The third-order valence-corrected chi connectivity index (χ3v) is 8.07. The van der Waals surface area contributed by atoms with Gasteiger partial charge in [0.15, 0.2) is 9.84 Å². The first-order valence-corrected chi connectivity index (χ1v) is 10.3. The van der Waals surface area contributed by atoms with Crippen LogP contribution in [0, 0.1) is 0 Å². The zero-order valence-corrected chi connectivity index (χ0v) is 15.8. The number of fused-ring (bicyclic) bond motifs is 1. The molecule has 0 amide bonds. The lowest BCUT2D eigenvalue weighted by Gasteiger charge is -2.33. The van der Waals surface area contributed by atoms with E-state index in [0.29, 0.717) is 0 Å². The van der Waals surface area contributed by atoms with Gasteiger partial charge in [-0.05, 0) is 58.7 Å². The molecular weight excluding hydrogens is 370 g/mol. The van der Waals surface area contributed by atoms with E-state index < -0.39 is 14.6 Å². The van der Waals surface area contributed by atoms with Crippen molar-refractivity contribution < 1.29 is 8.42 Å². The molecule has 6 heteroatoms. The summed E-state index contributed by atoms with van der Waals surface area (Å²) < 4.78 is 25.8. The minimum atomic E-state index is -3.20. The molecule has 1 heterocycles. The van der Waals surface area contributed by atoms with Gasteiger partial charge >= 0.3 is 0 Å². The Morgan fingerprint density at radius 3 is 2.62 bits per heavy atom. The maximum absolute atomic E-state index is 12.2. The summed E-state index contributed by atoms with van der Waals surface area (Å²) in [6.45, 7) is 6.29. The van der Waals surface area contributed by atoms with Crippen molar-refractivity contribution in [1.82, 2.24) is 5.32 Å². The Bertz CT molecular complexity index is 750. The molecular formula is C15H20BrNO2S2. The molecule has 1 unspecified atom stereocenters. The quantitative estimate of drug-likeness (QED) is 0.835. The molecule has 2 aromatic rings. The van der Waals surface area contributed by atoms with Crippen LogP contribution in [-0.2, 0) is 9.84 Å². The van der Waals surface area contributed by atoms with Crippen LogP contribution in [0.15, 0.2) is 28.1 Å². The van der Waals surface area contributed by atoms with Crippen LogP contribution in [0.3, 0.4) is 0 Å². The van der Waals surface area contributed by atoms with Crippen LogP contribution < -0.4 is 5.32 Å². The first-order chi connectivity index (χ1) is 9.70. The van der Waals surface area contributed by atoms with Crippen LogP contribution in [0.25, 0.3) is 10.1 Å². The molecule has 3 nitrogen and oxygen atoms in total. The third-order valence-electron chi connectivity index (χ3n) is 3.95. The van der Waals surface area contributed by atoms with Gasteiger partial charge in [-0.15, -0.1) is 11.3 Å². The highest BCUT2D eigenvalue weighted by Crippen LogP contribution is 2.40. The fourth-order valence-corrected chi connectivity index (χ4v) is 4.70. The van der Waals surface area contributed by atoms with E-state index in [9.17, 15) is 8.42 Å². The highest BCUT2D eigenvalue weighted by molar-refractivity contribution is 9.10. The summed E-state index contributed by atoms with van der Waals surface area (Å²) in [5, 5.41) is 6.53. The normalized spacial score (nSPS) is 14.5. The minimum Gasteiger partial charge on any atom is -0.309 e. The number of sulfone groups is 1. The van der Waals surface area contributed by atoms with Crippen LogP contribution in [-0.4, -0.2) is 26.0 Å². The Labute approximate surface area is 138 Å². The van der Waals surface area contributed by atoms with E-state index >= 15 is 0 Å². The standard InChI is InChI=1S/C15H20BrNO2S2/c1-5-17-14(15(2,3)21(4,18)19)11-9-20-13-10(11)7-6-8-12(13)16/h6-9,14,17H,5H2,1-4H3. The van der Waals surface area contributed by atoms with Gasteiger partial charge in [0.25, 0.3) is 0 Å². The third kappa shape index (κ3) is 3.04. The second-order valence-electron chi connectivity index (χ2n) is 5.67. The van der Waals surface area contributed by atoms with Gasteiger partial charge in [-0.2, -0.15) is 0 Å². The van der Waals surface area contributed by atoms with Crippen molar-refractivity contribution in [2.45, 2.75) is 31.6 Å². The number of rotatable bonds is 5. The van der Waals surface area contributed by atoms with E-state index in [2.05, 4.69) is 32.7 Å². The predicted molar refractivity (Wildman–Crippen MR) is 94.9 cm³/mol. The molecule has 0 bridgehead atoms. The zero-order chi connectivity index (χ0) is 15.8. The summed E-state index contributed by atoms with van der Waals surface area (Å²) >= 11 is 5.20. The average molecular weight is 390 g/mol. The van der Waals surface area contributed by atoms with Crippen LogP contribution in [0.2, 0.25) is 0 Å². The molecule has 2 rings (SSSR count). The largest absolute Gasteiger partial charge is 0.309 e. The lowest BCUT2D eigenvalue weighted by atomic mass is 9.94. The summed E-state index contributed by atoms with van der Waals surface area (Å²) in [6.07, 6.45) is 1.31. The van der Waals surface area contributed by atoms with Gasteiger partial charge in [-0.1, -0.05) is 19.1 Å². The Balaban J connectivity index is 2.64. The van der Waals surface area contributed by atoms with Gasteiger partial charge < -0.3 is 5.32 Å². The van der Waals surface area contributed by atoms with Crippen molar-refractivity contribution in [2.24, 2.45) is 0 Å². The number of hydrogen-bond donors (Lipinski definition) is 1. The fourth-order valence-electron chi connectivity index (χ4n) is 2.41. The average Bonchev–Trinajstić information content (AvgIpc) is 2.79. The molecule has 1 aromatic heterocycles. The second-order valence-corrected chi connectivity index (χ2v) is 10.0. The van der Waals surface area contributed by atoms with Crippen molar-refractivity contribution in [2.75, 3.05) is 12.8 Å². The van der Waals surface area contributed by atoms with Crippen molar-refractivity contribution in [1.29, 1.82) is 0 Å². The molecule has 0 radical (unpaired) electrons. The number of nitrogens with one attached hydrogen (secondary N) is 1. The first-order valence-electron chi connectivity index (χ1n) is 6.78. The summed E-state index contributed by atoms with van der Waals surface area (Å²) in [5.41, 5.74) is 1.05. The Morgan fingerprint density at radius 1 is 1.38 bits per heavy atom. The monoisotopic (exact) mass is 389 g/mol. The van der Waals surface area contributed by atoms with Crippen molar-refractivity contribution >= 4 is 47.2 Å². The minimum absolute atomic E-state index is 0.236. The van der Waals surface area contributed by atoms with Crippen LogP contribution in [0.1, 0.15) is 32.4 Å². The van der Waals surface area contributed by atoms with Gasteiger partial charge in [0, 0.05) is 15.4 Å². The maximum atomic E-state index is 12.2. The van der Waals surface area contributed by atoms with Crippen LogP contribution in [0.5, 0.6) is 0 Å². The molecule has 0 fully saturated rings. The molecule has 1 aromatic carbocycles.